The molecule has 0 saturated heterocycles. The van der Waals surface area contributed by atoms with Crippen LogP contribution in [0.2, 0.25) is 5.02 Å². The van der Waals surface area contributed by atoms with Gasteiger partial charge < -0.3 is 10.1 Å². The van der Waals surface area contributed by atoms with Gasteiger partial charge in [-0.3, -0.25) is 9.59 Å². The lowest BCUT2D eigenvalue weighted by Crippen LogP contribution is -2.29. The number of rotatable bonds is 8. The van der Waals surface area contributed by atoms with Gasteiger partial charge in [-0.15, -0.1) is 0 Å². The Morgan fingerprint density at radius 1 is 1.07 bits per heavy atom. The van der Waals surface area contributed by atoms with Crippen molar-refractivity contribution in [2.75, 3.05) is 12.4 Å². The van der Waals surface area contributed by atoms with Gasteiger partial charge in [0.15, 0.2) is 16.4 Å². The Morgan fingerprint density at radius 3 is 2.41 bits per heavy atom. The Labute approximate surface area is 163 Å². The number of carbonyl (C=O) groups excluding carboxylic acids is 2. The first-order valence-corrected chi connectivity index (χ1v) is 10.3. The van der Waals surface area contributed by atoms with Gasteiger partial charge in [0.05, 0.1) is 17.1 Å². The number of esters is 1. The Kier molecular flexibility index (Phi) is 7.38. The van der Waals surface area contributed by atoms with Crippen LogP contribution in [0.1, 0.15) is 17.5 Å². The van der Waals surface area contributed by atoms with Gasteiger partial charge in [-0.25, -0.2) is 8.42 Å². The summed E-state index contributed by atoms with van der Waals surface area (Å²) >= 11 is 5.73. The molecule has 0 unspecified atom stereocenters. The Morgan fingerprint density at radius 2 is 1.74 bits per heavy atom. The lowest BCUT2D eigenvalue weighted by Gasteiger charge is -2.09. The molecule has 0 heterocycles. The number of halogens is 1. The van der Waals surface area contributed by atoms with E-state index in [1.165, 1.54) is 24.3 Å². The van der Waals surface area contributed by atoms with E-state index in [-0.39, 0.29) is 11.3 Å². The molecule has 2 aromatic rings. The number of sulfone groups is 1. The quantitative estimate of drug-likeness (QED) is 0.677. The molecular weight excluding hydrogens is 390 g/mol. The zero-order valence-corrected chi connectivity index (χ0v) is 16.3. The van der Waals surface area contributed by atoms with E-state index in [2.05, 4.69) is 5.32 Å². The third kappa shape index (κ3) is 6.69. The second-order valence-corrected chi connectivity index (χ2v) is 8.43. The minimum absolute atomic E-state index is 0.0793. The summed E-state index contributed by atoms with van der Waals surface area (Å²) in [5.41, 5.74) is 2.01. The number of amides is 1. The standard InChI is InChI=1S/C19H20ClNO5S/c1-14-4-2-3-5-15(14)12-21-18(22)13-26-19(23)10-11-27(24,25)17-8-6-16(20)7-9-17/h2-9H,10-13H2,1H3,(H,21,22). The van der Waals surface area contributed by atoms with E-state index < -0.39 is 34.1 Å². The van der Waals surface area contributed by atoms with Crippen molar-refractivity contribution in [3.8, 4) is 0 Å². The highest BCUT2D eigenvalue weighted by Gasteiger charge is 2.17. The number of hydrogen-bond donors (Lipinski definition) is 1. The van der Waals surface area contributed by atoms with Gasteiger partial charge in [-0.1, -0.05) is 35.9 Å². The van der Waals surface area contributed by atoms with Gasteiger partial charge in [-0.2, -0.15) is 0 Å². The van der Waals surface area contributed by atoms with Crippen LogP contribution in [0.25, 0.3) is 0 Å². The van der Waals surface area contributed by atoms with Gasteiger partial charge in [0, 0.05) is 11.6 Å². The molecule has 0 aliphatic heterocycles. The molecule has 0 saturated carbocycles. The average molecular weight is 410 g/mol. The summed E-state index contributed by atoms with van der Waals surface area (Å²) in [5.74, 6) is -1.61. The first-order chi connectivity index (χ1) is 12.8. The minimum Gasteiger partial charge on any atom is -0.456 e. The maximum Gasteiger partial charge on any atom is 0.307 e. The third-order valence-electron chi connectivity index (χ3n) is 3.85. The van der Waals surface area contributed by atoms with Crippen molar-refractivity contribution in [1.29, 1.82) is 0 Å². The average Bonchev–Trinajstić information content (AvgIpc) is 2.64. The van der Waals surface area contributed by atoms with Crippen molar-refractivity contribution in [1.82, 2.24) is 5.32 Å². The fraction of sp³-hybridized carbons (Fsp3) is 0.263. The maximum atomic E-state index is 12.1. The molecule has 2 aromatic carbocycles. The summed E-state index contributed by atoms with van der Waals surface area (Å²) in [6.45, 7) is 1.81. The van der Waals surface area contributed by atoms with Crippen LogP contribution in [-0.2, 0) is 30.7 Å². The largest absolute Gasteiger partial charge is 0.456 e. The molecule has 0 atom stereocenters. The lowest BCUT2D eigenvalue weighted by atomic mass is 10.1. The van der Waals surface area contributed by atoms with Crippen LogP contribution < -0.4 is 5.32 Å². The second kappa shape index (κ2) is 9.53. The van der Waals surface area contributed by atoms with Crippen LogP contribution in [0, 0.1) is 6.92 Å². The molecule has 27 heavy (non-hydrogen) atoms. The number of nitrogens with one attached hydrogen (secondary N) is 1. The van der Waals surface area contributed by atoms with Crippen molar-refractivity contribution < 1.29 is 22.7 Å². The maximum absolute atomic E-state index is 12.1. The fourth-order valence-corrected chi connectivity index (χ4v) is 3.60. The van der Waals surface area contributed by atoms with E-state index in [9.17, 15) is 18.0 Å². The predicted octanol–water partition coefficient (Wildman–Crippen LogP) is 2.67. The van der Waals surface area contributed by atoms with Gasteiger partial charge in [0.1, 0.15) is 0 Å². The number of carbonyl (C=O) groups is 2. The Hall–Kier alpha value is -2.38. The van der Waals surface area contributed by atoms with E-state index in [4.69, 9.17) is 16.3 Å². The summed E-state index contributed by atoms with van der Waals surface area (Å²) in [4.78, 5) is 23.6. The Bertz CT molecular complexity index is 910. The van der Waals surface area contributed by atoms with Crippen molar-refractivity contribution in [3.05, 3.63) is 64.7 Å². The predicted molar refractivity (Wildman–Crippen MR) is 102 cm³/mol. The summed E-state index contributed by atoms with van der Waals surface area (Å²) < 4.78 is 29.1. The van der Waals surface area contributed by atoms with E-state index in [0.29, 0.717) is 11.6 Å². The van der Waals surface area contributed by atoms with E-state index >= 15 is 0 Å². The number of benzene rings is 2. The molecule has 2 rings (SSSR count). The summed E-state index contributed by atoms with van der Waals surface area (Å²) in [7, 11) is -3.62. The first-order valence-electron chi connectivity index (χ1n) is 8.23. The van der Waals surface area contributed by atoms with E-state index in [1.807, 2.05) is 31.2 Å². The smallest absolute Gasteiger partial charge is 0.307 e. The summed E-state index contributed by atoms with van der Waals surface area (Å²) in [6.07, 6.45) is -0.337. The van der Waals surface area contributed by atoms with Crippen LogP contribution >= 0.6 is 11.6 Å². The molecule has 8 heteroatoms. The van der Waals surface area contributed by atoms with Crippen LogP contribution in [-0.4, -0.2) is 32.7 Å². The van der Waals surface area contributed by atoms with E-state index in [1.54, 1.807) is 0 Å². The van der Waals surface area contributed by atoms with Crippen LogP contribution in [0.15, 0.2) is 53.4 Å². The molecule has 6 nitrogen and oxygen atoms in total. The zero-order chi connectivity index (χ0) is 19.9. The molecule has 0 aliphatic carbocycles. The highest BCUT2D eigenvalue weighted by Crippen LogP contribution is 2.16. The molecule has 0 radical (unpaired) electrons. The summed E-state index contributed by atoms with van der Waals surface area (Å²) in [5, 5.41) is 3.07. The topological polar surface area (TPSA) is 89.5 Å². The van der Waals surface area contributed by atoms with Crippen molar-refractivity contribution in [2.45, 2.75) is 24.8 Å². The third-order valence-corrected chi connectivity index (χ3v) is 5.83. The molecule has 0 bridgehead atoms. The number of aryl methyl sites for hydroxylation is 1. The molecule has 0 aliphatic rings. The molecule has 0 aromatic heterocycles. The monoisotopic (exact) mass is 409 g/mol. The highest BCUT2D eigenvalue weighted by molar-refractivity contribution is 7.91. The van der Waals surface area contributed by atoms with Gasteiger partial charge in [0.25, 0.3) is 5.91 Å². The fourth-order valence-electron chi connectivity index (χ4n) is 2.25. The van der Waals surface area contributed by atoms with Crippen molar-refractivity contribution in [3.63, 3.8) is 0 Å². The second-order valence-electron chi connectivity index (χ2n) is 5.89. The van der Waals surface area contributed by atoms with Crippen LogP contribution in [0.5, 0.6) is 0 Å². The van der Waals surface area contributed by atoms with Crippen LogP contribution in [0.3, 0.4) is 0 Å². The number of ether oxygens (including phenoxy) is 1. The SMILES string of the molecule is Cc1ccccc1CNC(=O)COC(=O)CCS(=O)(=O)c1ccc(Cl)cc1. The van der Waals surface area contributed by atoms with Gasteiger partial charge in [0.2, 0.25) is 0 Å². The van der Waals surface area contributed by atoms with Crippen molar-refractivity contribution in [2.24, 2.45) is 0 Å². The van der Waals surface area contributed by atoms with Crippen LogP contribution in [0.4, 0.5) is 0 Å². The normalized spacial score (nSPS) is 11.0. The van der Waals surface area contributed by atoms with Gasteiger partial charge >= 0.3 is 5.97 Å². The zero-order valence-electron chi connectivity index (χ0n) is 14.8. The number of hydrogen-bond acceptors (Lipinski definition) is 5. The molecule has 1 N–H and O–H groups in total. The Balaban J connectivity index is 1.74. The first kappa shape index (κ1) is 20.9. The molecule has 1 amide bonds. The van der Waals surface area contributed by atoms with Crippen molar-refractivity contribution >= 4 is 33.3 Å². The molecule has 0 fully saturated rings. The molecule has 0 spiro atoms. The molecular formula is C19H20ClNO5S. The van der Waals surface area contributed by atoms with E-state index in [0.717, 1.165) is 11.1 Å². The lowest BCUT2D eigenvalue weighted by molar-refractivity contribution is -0.148. The summed E-state index contributed by atoms with van der Waals surface area (Å²) in [6, 6.07) is 13.3. The minimum atomic E-state index is -3.62. The highest BCUT2D eigenvalue weighted by atomic mass is 35.5. The molecule has 144 valence electrons. The van der Waals surface area contributed by atoms with Gasteiger partial charge in [-0.05, 0) is 42.3 Å².